The molecule has 1 saturated heterocycles. The SMILES string of the molecule is CC(=O)O.O=C(CCCCCN1C(=O)[C@@H]2CCCN2Cc2ccccc21)NO. The van der Waals surface area contributed by atoms with Gasteiger partial charge in [-0.2, -0.15) is 0 Å². The van der Waals surface area contributed by atoms with Crippen molar-refractivity contribution in [3.05, 3.63) is 29.8 Å². The first-order valence-electron chi connectivity index (χ1n) is 9.70. The fourth-order valence-electron chi connectivity index (χ4n) is 3.74. The largest absolute Gasteiger partial charge is 0.481 e. The van der Waals surface area contributed by atoms with Gasteiger partial charge in [0.15, 0.2) is 0 Å². The molecule has 0 bridgehead atoms. The Hall–Kier alpha value is -2.45. The van der Waals surface area contributed by atoms with Crippen LogP contribution in [0.2, 0.25) is 0 Å². The van der Waals surface area contributed by atoms with E-state index >= 15 is 0 Å². The lowest BCUT2D eigenvalue weighted by Crippen LogP contribution is -2.43. The van der Waals surface area contributed by atoms with Crippen LogP contribution in [-0.2, 0) is 20.9 Å². The maximum atomic E-state index is 13.0. The van der Waals surface area contributed by atoms with Gasteiger partial charge in [0.25, 0.3) is 5.97 Å². The van der Waals surface area contributed by atoms with Gasteiger partial charge in [-0.15, -0.1) is 0 Å². The van der Waals surface area contributed by atoms with Crippen molar-refractivity contribution >= 4 is 23.5 Å². The topological polar surface area (TPSA) is 110 Å². The van der Waals surface area contributed by atoms with Crippen LogP contribution in [0.4, 0.5) is 5.69 Å². The second-order valence-corrected chi connectivity index (χ2v) is 7.11. The molecule has 2 heterocycles. The molecule has 8 nitrogen and oxygen atoms in total. The molecule has 2 aliphatic rings. The van der Waals surface area contributed by atoms with Gasteiger partial charge in [0, 0.05) is 32.1 Å². The van der Waals surface area contributed by atoms with Crippen LogP contribution in [0.1, 0.15) is 51.0 Å². The molecule has 28 heavy (non-hydrogen) atoms. The monoisotopic (exact) mass is 391 g/mol. The van der Waals surface area contributed by atoms with Gasteiger partial charge in [-0.25, -0.2) is 5.48 Å². The van der Waals surface area contributed by atoms with Crippen molar-refractivity contribution in [2.45, 2.75) is 58.0 Å². The Morgan fingerprint density at radius 1 is 1.21 bits per heavy atom. The summed E-state index contributed by atoms with van der Waals surface area (Å²) in [7, 11) is 0. The second kappa shape index (κ2) is 10.8. The van der Waals surface area contributed by atoms with Crippen LogP contribution in [0.3, 0.4) is 0 Å². The van der Waals surface area contributed by atoms with E-state index in [-0.39, 0.29) is 17.9 Å². The van der Waals surface area contributed by atoms with Crippen LogP contribution >= 0.6 is 0 Å². The van der Waals surface area contributed by atoms with E-state index in [0.29, 0.717) is 19.4 Å². The van der Waals surface area contributed by atoms with Gasteiger partial charge < -0.3 is 10.0 Å². The molecule has 1 aromatic rings. The molecule has 154 valence electrons. The van der Waals surface area contributed by atoms with E-state index < -0.39 is 5.97 Å². The van der Waals surface area contributed by atoms with Gasteiger partial charge in [-0.1, -0.05) is 24.6 Å². The number of hydrogen-bond donors (Lipinski definition) is 3. The zero-order valence-corrected chi connectivity index (χ0v) is 16.3. The number of carbonyl (C=O) groups is 3. The van der Waals surface area contributed by atoms with Crippen LogP contribution < -0.4 is 10.4 Å². The quantitative estimate of drug-likeness (QED) is 0.389. The molecule has 0 unspecified atom stereocenters. The van der Waals surface area contributed by atoms with Crippen LogP contribution in [-0.4, -0.2) is 52.1 Å². The highest BCUT2D eigenvalue weighted by molar-refractivity contribution is 5.98. The summed E-state index contributed by atoms with van der Waals surface area (Å²) in [5.74, 6) is -0.974. The normalized spacial score (nSPS) is 18.4. The van der Waals surface area contributed by atoms with Crippen molar-refractivity contribution in [1.82, 2.24) is 10.4 Å². The zero-order chi connectivity index (χ0) is 20.5. The second-order valence-electron chi connectivity index (χ2n) is 7.11. The Morgan fingerprint density at radius 3 is 2.64 bits per heavy atom. The molecule has 3 rings (SSSR count). The summed E-state index contributed by atoms with van der Waals surface area (Å²) >= 11 is 0. The van der Waals surface area contributed by atoms with Crippen LogP contribution in [0.15, 0.2) is 24.3 Å². The number of carbonyl (C=O) groups excluding carboxylic acids is 2. The summed E-state index contributed by atoms with van der Waals surface area (Å²) in [6.45, 7) is 3.61. The minimum Gasteiger partial charge on any atom is -0.481 e. The van der Waals surface area contributed by atoms with Gasteiger partial charge in [0.05, 0.1) is 6.04 Å². The Morgan fingerprint density at radius 2 is 1.93 bits per heavy atom. The molecule has 0 aromatic heterocycles. The van der Waals surface area contributed by atoms with Gasteiger partial charge >= 0.3 is 0 Å². The number of benzene rings is 1. The molecule has 0 aliphatic carbocycles. The van der Waals surface area contributed by atoms with Gasteiger partial charge in [-0.05, 0) is 43.9 Å². The lowest BCUT2D eigenvalue weighted by Gasteiger charge is -2.26. The number of para-hydroxylation sites is 1. The molecule has 1 atom stereocenters. The summed E-state index contributed by atoms with van der Waals surface area (Å²) in [6.07, 6.45) is 4.77. The summed E-state index contributed by atoms with van der Waals surface area (Å²) in [6, 6.07) is 8.18. The summed E-state index contributed by atoms with van der Waals surface area (Å²) in [5.41, 5.74) is 3.90. The minimum atomic E-state index is -0.833. The predicted molar refractivity (Wildman–Crippen MR) is 104 cm³/mol. The number of carboxylic acid groups (broad SMARTS) is 1. The average Bonchev–Trinajstić information content (AvgIpc) is 3.08. The maximum Gasteiger partial charge on any atom is 0.300 e. The molecule has 3 N–H and O–H groups in total. The number of carboxylic acids is 1. The van der Waals surface area contributed by atoms with Crippen molar-refractivity contribution < 1.29 is 24.7 Å². The third-order valence-electron chi connectivity index (χ3n) is 4.98. The van der Waals surface area contributed by atoms with Crippen LogP contribution in [0.25, 0.3) is 0 Å². The van der Waals surface area contributed by atoms with Crippen molar-refractivity contribution in [1.29, 1.82) is 0 Å². The van der Waals surface area contributed by atoms with Crippen LogP contribution in [0.5, 0.6) is 0 Å². The fraction of sp³-hybridized carbons (Fsp3) is 0.550. The number of hydroxylamine groups is 1. The zero-order valence-electron chi connectivity index (χ0n) is 16.3. The molecule has 0 radical (unpaired) electrons. The third kappa shape index (κ3) is 6.03. The molecule has 1 fully saturated rings. The van der Waals surface area contributed by atoms with E-state index in [9.17, 15) is 9.59 Å². The summed E-state index contributed by atoms with van der Waals surface area (Å²) in [4.78, 5) is 37.3. The van der Waals surface area contributed by atoms with E-state index in [1.54, 1.807) is 5.48 Å². The Bertz CT molecular complexity index is 690. The molecular weight excluding hydrogens is 362 g/mol. The summed E-state index contributed by atoms with van der Waals surface area (Å²) < 4.78 is 0. The Labute approximate surface area is 165 Å². The number of hydrogen-bond acceptors (Lipinski definition) is 5. The Balaban J connectivity index is 0.000000640. The Kier molecular flexibility index (Phi) is 8.41. The number of unbranched alkanes of at least 4 members (excludes halogenated alkanes) is 2. The number of rotatable bonds is 6. The number of fused-ring (bicyclic) bond motifs is 2. The molecular formula is C20H29N3O5. The molecule has 0 spiro atoms. The van der Waals surface area contributed by atoms with Crippen molar-refractivity contribution in [3.8, 4) is 0 Å². The number of aliphatic carboxylic acids is 1. The highest BCUT2D eigenvalue weighted by Crippen LogP contribution is 2.32. The van der Waals surface area contributed by atoms with Crippen LogP contribution in [0, 0.1) is 0 Å². The fourth-order valence-corrected chi connectivity index (χ4v) is 3.74. The lowest BCUT2D eigenvalue weighted by atomic mass is 10.1. The number of nitrogens with one attached hydrogen (secondary N) is 1. The van der Waals surface area contributed by atoms with E-state index in [1.165, 1.54) is 5.56 Å². The molecule has 8 heteroatoms. The van der Waals surface area contributed by atoms with E-state index in [2.05, 4.69) is 11.0 Å². The van der Waals surface area contributed by atoms with Crippen molar-refractivity contribution in [2.75, 3.05) is 18.0 Å². The van der Waals surface area contributed by atoms with Crippen molar-refractivity contribution in [2.24, 2.45) is 0 Å². The third-order valence-corrected chi connectivity index (χ3v) is 4.98. The first-order valence-corrected chi connectivity index (χ1v) is 9.70. The summed E-state index contributed by atoms with van der Waals surface area (Å²) in [5, 5.41) is 15.9. The first-order chi connectivity index (χ1) is 13.4. The number of nitrogens with zero attached hydrogens (tertiary/aromatic N) is 2. The maximum absolute atomic E-state index is 13.0. The lowest BCUT2D eigenvalue weighted by molar-refractivity contribution is -0.134. The van der Waals surface area contributed by atoms with Gasteiger partial charge in [0.2, 0.25) is 11.8 Å². The molecule has 1 aromatic carbocycles. The van der Waals surface area contributed by atoms with E-state index in [4.69, 9.17) is 15.1 Å². The highest BCUT2D eigenvalue weighted by Gasteiger charge is 2.37. The van der Waals surface area contributed by atoms with E-state index in [1.807, 2.05) is 23.1 Å². The smallest absolute Gasteiger partial charge is 0.300 e. The molecule has 2 amide bonds. The predicted octanol–water partition coefficient (Wildman–Crippen LogP) is 2.15. The average molecular weight is 391 g/mol. The standard InChI is InChI=1S/C18H25N3O3.C2H4O2/c22-17(19-24)10-2-1-5-12-21-15-8-4-3-7-14(15)13-20-11-6-9-16(20)18(21)23;1-2(3)4/h3-4,7-8,16,24H,1-2,5-6,9-13H2,(H,19,22);1H3,(H,3,4)/t16-;/m0./s1. The van der Waals surface area contributed by atoms with Gasteiger partial charge in [0.1, 0.15) is 0 Å². The molecule has 0 saturated carbocycles. The van der Waals surface area contributed by atoms with Gasteiger partial charge in [-0.3, -0.25) is 24.5 Å². The van der Waals surface area contributed by atoms with E-state index in [0.717, 1.165) is 51.4 Å². The first kappa shape index (κ1) is 21.8. The number of amides is 2. The minimum absolute atomic E-state index is 0.0116. The highest BCUT2D eigenvalue weighted by atomic mass is 16.5. The van der Waals surface area contributed by atoms with Crippen molar-refractivity contribution in [3.63, 3.8) is 0 Å². The number of anilines is 1. The molecule has 2 aliphatic heterocycles.